The molecule has 0 saturated carbocycles. The molecule has 2 rings (SSSR count). The molecule has 0 aliphatic carbocycles. The predicted molar refractivity (Wildman–Crippen MR) is 74.9 cm³/mol. The number of ether oxygens (including phenoxy) is 1. The lowest BCUT2D eigenvalue weighted by atomic mass is 9.99. The van der Waals surface area contributed by atoms with E-state index in [0.29, 0.717) is 12.5 Å². The Kier molecular flexibility index (Phi) is 5.21. The summed E-state index contributed by atoms with van der Waals surface area (Å²) in [7, 11) is 1.81. The molecule has 104 valence electrons. The molecule has 1 N–H and O–H groups in total. The van der Waals surface area contributed by atoms with Crippen LogP contribution >= 0.6 is 0 Å². The van der Waals surface area contributed by atoms with E-state index in [0.717, 1.165) is 25.2 Å². The van der Waals surface area contributed by atoms with Crippen molar-refractivity contribution in [3.63, 3.8) is 0 Å². The van der Waals surface area contributed by atoms with Crippen LogP contribution in [0.15, 0.2) is 30.3 Å². The van der Waals surface area contributed by atoms with Gasteiger partial charge in [0.2, 0.25) is 0 Å². The third-order valence-electron chi connectivity index (χ3n) is 3.45. The van der Waals surface area contributed by atoms with Crippen LogP contribution in [0.1, 0.15) is 18.4 Å². The first-order valence-electron chi connectivity index (χ1n) is 6.88. The van der Waals surface area contributed by atoms with Crippen LogP contribution in [-0.2, 0) is 11.3 Å². The molecule has 0 bridgehead atoms. The van der Waals surface area contributed by atoms with E-state index in [1.54, 1.807) is 4.90 Å². The van der Waals surface area contributed by atoms with Crippen molar-refractivity contribution in [2.75, 3.05) is 26.7 Å². The van der Waals surface area contributed by atoms with Gasteiger partial charge in [-0.05, 0) is 37.4 Å². The largest absolute Gasteiger partial charge is 0.445 e. The highest BCUT2D eigenvalue weighted by Gasteiger charge is 2.18. The highest BCUT2D eigenvalue weighted by Crippen LogP contribution is 2.12. The maximum absolute atomic E-state index is 11.9. The normalized spacial score (nSPS) is 18.9. The van der Waals surface area contributed by atoms with Gasteiger partial charge < -0.3 is 15.0 Å². The predicted octanol–water partition coefficient (Wildman–Crippen LogP) is 2.25. The van der Waals surface area contributed by atoms with Crippen molar-refractivity contribution in [1.29, 1.82) is 0 Å². The second-order valence-electron chi connectivity index (χ2n) is 5.13. The number of hydrogen-bond donors (Lipinski definition) is 1. The highest BCUT2D eigenvalue weighted by atomic mass is 16.6. The van der Waals surface area contributed by atoms with Crippen molar-refractivity contribution < 1.29 is 9.53 Å². The molecule has 4 nitrogen and oxygen atoms in total. The maximum atomic E-state index is 11.9. The van der Waals surface area contributed by atoms with E-state index >= 15 is 0 Å². The van der Waals surface area contributed by atoms with Crippen molar-refractivity contribution in [2.24, 2.45) is 5.92 Å². The van der Waals surface area contributed by atoms with Crippen molar-refractivity contribution in [1.82, 2.24) is 10.2 Å². The van der Waals surface area contributed by atoms with Crippen molar-refractivity contribution in [3.05, 3.63) is 35.9 Å². The number of piperidine rings is 1. The highest BCUT2D eigenvalue weighted by molar-refractivity contribution is 5.67. The Morgan fingerprint density at radius 3 is 2.89 bits per heavy atom. The summed E-state index contributed by atoms with van der Waals surface area (Å²) in [6.45, 7) is 3.20. The quantitative estimate of drug-likeness (QED) is 0.905. The van der Waals surface area contributed by atoms with Crippen LogP contribution < -0.4 is 5.32 Å². The van der Waals surface area contributed by atoms with E-state index in [1.807, 2.05) is 37.4 Å². The monoisotopic (exact) mass is 262 g/mol. The molecule has 0 radical (unpaired) electrons. The van der Waals surface area contributed by atoms with Gasteiger partial charge in [-0.3, -0.25) is 0 Å². The zero-order chi connectivity index (χ0) is 13.5. The molecular formula is C15H22N2O2. The van der Waals surface area contributed by atoms with Gasteiger partial charge in [-0.1, -0.05) is 30.3 Å². The fourth-order valence-corrected chi connectivity index (χ4v) is 2.37. The van der Waals surface area contributed by atoms with Crippen LogP contribution in [0.4, 0.5) is 4.79 Å². The SMILES string of the molecule is CN(C[C@@H]1CCCNC1)C(=O)OCc1ccccc1. The molecule has 1 heterocycles. The standard InChI is InChI=1S/C15H22N2O2/c1-17(11-14-8-5-9-16-10-14)15(18)19-12-13-6-3-2-4-7-13/h2-4,6-7,14,16H,5,8-12H2,1H3/t14-/m1/s1. The number of amides is 1. The lowest BCUT2D eigenvalue weighted by Gasteiger charge is -2.27. The first kappa shape index (κ1) is 13.9. The van der Waals surface area contributed by atoms with Gasteiger partial charge in [0.05, 0.1) is 0 Å². The zero-order valence-electron chi connectivity index (χ0n) is 11.5. The Morgan fingerprint density at radius 2 is 2.21 bits per heavy atom. The van der Waals surface area contributed by atoms with Gasteiger partial charge in [0.15, 0.2) is 0 Å². The van der Waals surface area contributed by atoms with Crippen LogP contribution in [-0.4, -0.2) is 37.7 Å². The van der Waals surface area contributed by atoms with E-state index in [1.165, 1.54) is 12.8 Å². The maximum Gasteiger partial charge on any atom is 0.409 e. The molecule has 0 spiro atoms. The molecule has 1 aromatic rings. The van der Waals surface area contributed by atoms with Crippen LogP contribution in [0.25, 0.3) is 0 Å². The molecule has 1 amide bonds. The Balaban J connectivity index is 1.72. The van der Waals surface area contributed by atoms with E-state index in [2.05, 4.69) is 5.32 Å². The summed E-state index contributed by atoms with van der Waals surface area (Å²) >= 11 is 0. The molecule has 1 saturated heterocycles. The Bertz CT molecular complexity index is 388. The lowest BCUT2D eigenvalue weighted by molar-refractivity contribution is 0.0976. The van der Waals surface area contributed by atoms with Crippen LogP contribution in [0.5, 0.6) is 0 Å². The smallest absolute Gasteiger partial charge is 0.409 e. The summed E-state index contributed by atoms with van der Waals surface area (Å²) in [5, 5.41) is 3.36. The average Bonchev–Trinajstić information content (AvgIpc) is 2.47. The molecule has 1 aliphatic heterocycles. The number of benzene rings is 1. The molecule has 1 aromatic carbocycles. The number of carbonyl (C=O) groups is 1. The van der Waals surface area contributed by atoms with Gasteiger partial charge >= 0.3 is 6.09 Å². The first-order valence-corrected chi connectivity index (χ1v) is 6.88. The third kappa shape index (κ3) is 4.56. The number of carbonyl (C=O) groups excluding carboxylic acids is 1. The van der Waals surface area contributed by atoms with Crippen LogP contribution in [0.2, 0.25) is 0 Å². The zero-order valence-corrected chi connectivity index (χ0v) is 11.5. The van der Waals surface area contributed by atoms with Gasteiger partial charge in [-0.2, -0.15) is 0 Å². The molecule has 0 aromatic heterocycles. The van der Waals surface area contributed by atoms with Crippen molar-refractivity contribution in [2.45, 2.75) is 19.4 Å². The van der Waals surface area contributed by atoms with E-state index in [-0.39, 0.29) is 6.09 Å². The average molecular weight is 262 g/mol. The summed E-state index contributed by atoms with van der Waals surface area (Å²) in [4.78, 5) is 13.6. The third-order valence-corrected chi connectivity index (χ3v) is 3.45. The molecule has 0 unspecified atom stereocenters. The van der Waals surface area contributed by atoms with Gasteiger partial charge in [0.25, 0.3) is 0 Å². The second-order valence-corrected chi connectivity index (χ2v) is 5.13. The lowest BCUT2D eigenvalue weighted by Crippen LogP contribution is -2.39. The Morgan fingerprint density at radius 1 is 1.42 bits per heavy atom. The summed E-state index contributed by atoms with van der Waals surface area (Å²) in [6.07, 6.45) is 2.13. The van der Waals surface area contributed by atoms with E-state index in [9.17, 15) is 4.79 Å². The van der Waals surface area contributed by atoms with Gasteiger partial charge in [0.1, 0.15) is 6.61 Å². The van der Waals surface area contributed by atoms with Crippen molar-refractivity contribution in [3.8, 4) is 0 Å². The topological polar surface area (TPSA) is 41.6 Å². The summed E-state index contributed by atoms with van der Waals surface area (Å²) in [5.41, 5.74) is 1.02. The van der Waals surface area contributed by atoms with Gasteiger partial charge in [-0.15, -0.1) is 0 Å². The van der Waals surface area contributed by atoms with Crippen LogP contribution in [0, 0.1) is 5.92 Å². The number of hydrogen-bond acceptors (Lipinski definition) is 3. The summed E-state index contributed by atoms with van der Waals surface area (Å²) in [6, 6.07) is 9.76. The molecule has 19 heavy (non-hydrogen) atoms. The molecule has 1 atom stereocenters. The minimum Gasteiger partial charge on any atom is -0.445 e. The minimum absolute atomic E-state index is 0.241. The fourth-order valence-electron chi connectivity index (χ4n) is 2.37. The van der Waals surface area contributed by atoms with Crippen LogP contribution in [0.3, 0.4) is 0 Å². The molecule has 1 fully saturated rings. The second kappa shape index (κ2) is 7.14. The van der Waals surface area contributed by atoms with E-state index in [4.69, 9.17) is 4.74 Å². The summed E-state index contributed by atoms with van der Waals surface area (Å²) < 4.78 is 5.30. The number of rotatable bonds is 4. The molecule has 1 aliphatic rings. The Hall–Kier alpha value is -1.55. The molecule has 4 heteroatoms. The number of nitrogens with one attached hydrogen (secondary N) is 1. The molecular weight excluding hydrogens is 240 g/mol. The van der Waals surface area contributed by atoms with Gasteiger partial charge in [0, 0.05) is 13.6 Å². The minimum atomic E-state index is -0.241. The van der Waals surface area contributed by atoms with Crippen molar-refractivity contribution >= 4 is 6.09 Å². The van der Waals surface area contributed by atoms with E-state index < -0.39 is 0 Å². The number of nitrogens with zero attached hydrogens (tertiary/aromatic N) is 1. The Labute approximate surface area is 114 Å². The fraction of sp³-hybridized carbons (Fsp3) is 0.533. The first-order chi connectivity index (χ1) is 9.25. The van der Waals surface area contributed by atoms with Gasteiger partial charge in [-0.25, -0.2) is 4.79 Å². The summed E-state index contributed by atoms with van der Waals surface area (Å²) in [5.74, 6) is 0.544.